The Kier molecular flexibility index (Phi) is 5.62. The van der Waals surface area contributed by atoms with Crippen LogP contribution >= 0.6 is 11.3 Å². The van der Waals surface area contributed by atoms with E-state index in [9.17, 15) is 0 Å². The van der Waals surface area contributed by atoms with Crippen molar-refractivity contribution in [3.8, 4) is 5.75 Å². The molecule has 0 saturated carbocycles. The van der Waals surface area contributed by atoms with E-state index in [2.05, 4.69) is 48.8 Å². The normalized spacial score (nSPS) is 12.3. The van der Waals surface area contributed by atoms with Crippen LogP contribution in [0.3, 0.4) is 0 Å². The number of thiophene rings is 1. The third-order valence-corrected chi connectivity index (χ3v) is 4.38. The van der Waals surface area contributed by atoms with Crippen LogP contribution in [0.1, 0.15) is 42.3 Å². The summed E-state index contributed by atoms with van der Waals surface area (Å²) in [5, 5.41) is 5.82. The van der Waals surface area contributed by atoms with Gasteiger partial charge in [-0.15, -0.1) is 11.3 Å². The van der Waals surface area contributed by atoms with Crippen LogP contribution < -0.4 is 10.1 Å². The molecule has 3 heteroatoms. The minimum atomic E-state index is 0.220. The van der Waals surface area contributed by atoms with E-state index in [1.54, 1.807) is 0 Å². The lowest BCUT2D eigenvalue weighted by atomic mass is 10.0. The van der Waals surface area contributed by atoms with Gasteiger partial charge < -0.3 is 10.1 Å². The van der Waals surface area contributed by atoms with Gasteiger partial charge >= 0.3 is 0 Å². The average molecular weight is 289 g/mol. The first kappa shape index (κ1) is 15.1. The molecular weight excluding hydrogens is 266 g/mol. The topological polar surface area (TPSA) is 21.3 Å². The van der Waals surface area contributed by atoms with Crippen LogP contribution in [-0.2, 0) is 0 Å². The molecular formula is C17H23NOS. The minimum Gasteiger partial charge on any atom is -0.494 e. The lowest BCUT2D eigenvalue weighted by molar-refractivity contribution is 0.333. The highest BCUT2D eigenvalue weighted by molar-refractivity contribution is 7.10. The van der Waals surface area contributed by atoms with E-state index in [0.717, 1.165) is 18.7 Å². The SMILES string of the molecule is CCCNC(c1ccccc1OCC)c1sccc1C. The smallest absolute Gasteiger partial charge is 0.124 e. The predicted octanol–water partition coefficient (Wildman–Crippen LogP) is 4.54. The summed E-state index contributed by atoms with van der Waals surface area (Å²) in [5.41, 5.74) is 2.57. The Morgan fingerprint density at radius 2 is 2.00 bits per heavy atom. The summed E-state index contributed by atoms with van der Waals surface area (Å²) in [7, 11) is 0. The fraction of sp³-hybridized carbons (Fsp3) is 0.412. The monoisotopic (exact) mass is 289 g/mol. The third-order valence-electron chi connectivity index (χ3n) is 3.29. The Morgan fingerprint density at radius 1 is 1.20 bits per heavy atom. The second-order valence-corrected chi connectivity index (χ2v) is 5.77. The molecule has 2 rings (SSSR count). The number of hydrogen-bond acceptors (Lipinski definition) is 3. The highest BCUT2D eigenvalue weighted by Crippen LogP contribution is 2.34. The molecule has 0 bridgehead atoms. The van der Waals surface area contributed by atoms with Crippen molar-refractivity contribution in [1.29, 1.82) is 0 Å². The van der Waals surface area contributed by atoms with Gasteiger partial charge in [-0.05, 0) is 49.9 Å². The summed E-state index contributed by atoms with van der Waals surface area (Å²) < 4.78 is 5.80. The van der Waals surface area contributed by atoms with Crippen LogP contribution in [0.2, 0.25) is 0 Å². The molecule has 1 unspecified atom stereocenters. The summed E-state index contributed by atoms with van der Waals surface area (Å²) in [6, 6.07) is 10.7. The van der Waals surface area contributed by atoms with Crippen molar-refractivity contribution in [3.05, 3.63) is 51.7 Å². The summed E-state index contributed by atoms with van der Waals surface area (Å²) >= 11 is 1.81. The van der Waals surface area contributed by atoms with E-state index < -0.39 is 0 Å². The standard InChI is InChI=1S/C17H23NOS/c1-4-11-18-16(17-13(3)10-12-20-17)14-8-6-7-9-15(14)19-5-2/h6-10,12,16,18H,4-5,11H2,1-3H3. The van der Waals surface area contributed by atoms with Crippen LogP contribution in [0.15, 0.2) is 35.7 Å². The fourth-order valence-electron chi connectivity index (χ4n) is 2.32. The number of benzene rings is 1. The summed E-state index contributed by atoms with van der Waals surface area (Å²) in [6.07, 6.45) is 1.12. The highest BCUT2D eigenvalue weighted by Gasteiger charge is 2.20. The molecule has 0 aliphatic carbocycles. The molecule has 20 heavy (non-hydrogen) atoms. The average Bonchev–Trinajstić information content (AvgIpc) is 2.88. The first-order valence-corrected chi connectivity index (χ1v) is 8.15. The molecule has 0 radical (unpaired) electrons. The van der Waals surface area contributed by atoms with Crippen LogP contribution in [0.25, 0.3) is 0 Å². The lowest BCUT2D eigenvalue weighted by Gasteiger charge is -2.21. The van der Waals surface area contributed by atoms with Crippen LogP contribution in [0, 0.1) is 6.92 Å². The van der Waals surface area contributed by atoms with Gasteiger partial charge in [-0.1, -0.05) is 25.1 Å². The molecule has 1 aromatic heterocycles. The largest absolute Gasteiger partial charge is 0.494 e. The predicted molar refractivity (Wildman–Crippen MR) is 86.8 cm³/mol. The van der Waals surface area contributed by atoms with Crippen molar-refractivity contribution in [2.24, 2.45) is 0 Å². The molecule has 2 nitrogen and oxygen atoms in total. The van der Waals surface area contributed by atoms with Crippen molar-refractivity contribution in [3.63, 3.8) is 0 Å². The van der Waals surface area contributed by atoms with Crippen molar-refractivity contribution in [2.45, 2.75) is 33.2 Å². The number of ether oxygens (including phenoxy) is 1. The van der Waals surface area contributed by atoms with Crippen molar-refractivity contribution in [1.82, 2.24) is 5.32 Å². The molecule has 1 heterocycles. The molecule has 1 N–H and O–H groups in total. The van der Waals surface area contributed by atoms with Crippen LogP contribution in [0.5, 0.6) is 5.75 Å². The van der Waals surface area contributed by atoms with Gasteiger partial charge in [0, 0.05) is 10.4 Å². The highest BCUT2D eigenvalue weighted by atomic mass is 32.1. The second kappa shape index (κ2) is 7.46. The zero-order valence-electron chi connectivity index (χ0n) is 12.5. The van der Waals surface area contributed by atoms with Crippen molar-refractivity contribution in [2.75, 3.05) is 13.2 Å². The summed E-state index contributed by atoms with van der Waals surface area (Å²) in [6.45, 7) is 8.10. The van der Waals surface area contributed by atoms with Gasteiger partial charge in [0.1, 0.15) is 5.75 Å². The molecule has 0 aliphatic heterocycles. The van der Waals surface area contributed by atoms with Gasteiger partial charge in [0.05, 0.1) is 12.6 Å². The van der Waals surface area contributed by atoms with Crippen molar-refractivity contribution < 1.29 is 4.74 Å². The van der Waals surface area contributed by atoms with E-state index in [4.69, 9.17) is 4.74 Å². The van der Waals surface area contributed by atoms with E-state index in [-0.39, 0.29) is 6.04 Å². The van der Waals surface area contributed by atoms with Gasteiger partial charge in [0.25, 0.3) is 0 Å². The number of rotatable bonds is 7. The zero-order chi connectivity index (χ0) is 14.4. The Bertz CT molecular complexity index is 535. The molecule has 1 aromatic carbocycles. The Labute approximate surface area is 125 Å². The third kappa shape index (κ3) is 3.41. The maximum atomic E-state index is 5.80. The molecule has 0 amide bonds. The molecule has 108 valence electrons. The van der Waals surface area contributed by atoms with Crippen LogP contribution in [0.4, 0.5) is 0 Å². The Morgan fingerprint density at radius 3 is 2.65 bits per heavy atom. The maximum absolute atomic E-state index is 5.80. The number of para-hydroxylation sites is 1. The van der Waals surface area contributed by atoms with Crippen LogP contribution in [-0.4, -0.2) is 13.2 Å². The van der Waals surface area contributed by atoms with E-state index >= 15 is 0 Å². The maximum Gasteiger partial charge on any atom is 0.124 e. The van der Waals surface area contributed by atoms with Gasteiger partial charge in [-0.3, -0.25) is 0 Å². The van der Waals surface area contributed by atoms with Gasteiger partial charge in [0.15, 0.2) is 0 Å². The first-order valence-electron chi connectivity index (χ1n) is 7.27. The molecule has 0 spiro atoms. The summed E-state index contributed by atoms with van der Waals surface area (Å²) in [4.78, 5) is 1.38. The summed E-state index contributed by atoms with van der Waals surface area (Å²) in [5.74, 6) is 0.983. The van der Waals surface area contributed by atoms with Gasteiger partial charge in [-0.2, -0.15) is 0 Å². The minimum absolute atomic E-state index is 0.220. The lowest BCUT2D eigenvalue weighted by Crippen LogP contribution is -2.23. The van der Waals surface area contributed by atoms with E-state index in [0.29, 0.717) is 6.61 Å². The molecule has 2 aromatic rings. The first-order chi connectivity index (χ1) is 9.77. The van der Waals surface area contributed by atoms with E-state index in [1.165, 1.54) is 16.0 Å². The zero-order valence-corrected chi connectivity index (χ0v) is 13.3. The number of hydrogen-bond donors (Lipinski definition) is 1. The van der Waals surface area contributed by atoms with Gasteiger partial charge in [0.2, 0.25) is 0 Å². The molecule has 0 aliphatic rings. The Balaban J connectivity index is 2.38. The quantitative estimate of drug-likeness (QED) is 0.807. The number of aryl methyl sites for hydroxylation is 1. The molecule has 0 saturated heterocycles. The number of nitrogens with one attached hydrogen (secondary N) is 1. The van der Waals surface area contributed by atoms with E-state index in [1.807, 2.05) is 24.3 Å². The van der Waals surface area contributed by atoms with Gasteiger partial charge in [-0.25, -0.2) is 0 Å². The fourth-order valence-corrected chi connectivity index (χ4v) is 3.34. The van der Waals surface area contributed by atoms with Crippen molar-refractivity contribution >= 4 is 11.3 Å². The molecule has 1 atom stereocenters. The Hall–Kier alpha value is -1.32. The molecule has 0 fully saturated rings. The second-order valence-electron chi connectivity index (χ2n) is 4.83.